The van der Waals surface area contributed by atoms with E-state index < -0.39 is 18.3 Å². The minimum atomic E-state index is -0.553. The van der Waals surface area contributed by atoms with Gasteiger partial charge in [0.15, 0.2) is 0 Å². The van der Waals surface area contributed by atoms with Gasteiger partial charge in [-0.3, -0.25) is 14.7 Å². The van der Waals surface area contributed by atoms with Gasteiger partial charge in [-0.1, -0.05) is 121 Å². The maximum Gasteiger partial charge on any atom is 0.119 e. The van der Waals surface area contributed by atoms with Crippen LogP contribution >= 0.6 is 11.6 Å². The topological polar surface area (TPSA) is 110 Å². The summed E-state index contributed by atoms with van der Waals surface area (Å²) >= 11 is 5.85. The van der Waals surface area contributed by atoms with Gasteiger partial charge in [-0.2, -0.15) is 0 Å². The molecule has 6 aromatic carbocycles. The number of halogens is 1. The number of nitrogens with one attached hydrogen (secondary N) is 1. The molecule has 0 amide bonds. The van der Waals surface area contributed by atoms with Gasteiger partial charge in [0.2, 0.25) is 0 Å². The highest BCUT2D eigenvalue weighted by Crippen LogP contribution is 2.23. The minimum Gasteiger partial charge on any atom is -0.491 e. The quantitative estimate of drug-likeness (QED) is 0.0766. The van der Waals surface area contributed by atoms with Crippen LogP contribution in [-0.4, -0.2) is 114 Å². The Hall–Kier alpha value is -5.11. The van der Waals surface area contributed by atoms with E-state index in [0.29, 0.717) is 44.3 Å². The SMILES string of the molecule is OC(COCc1ccc(Cl)cc1)CN1CCc2ccccc2C1.OC(COc1ccc(OCC(O)CN2CCc3ccccc3C2)cc1)CN1CCc2ccccc2C1.c1ccc2c(c1)CCNC2. The molecule has 4 aliphatic heterocycles. The molecule has 0 saturated carbocycles. The number of hydrogen-bond donors (Lipinski definition) is 4. The molecular weight excluding hydrogens is 884 g/mol. The lowest BCUT2D eigenvalue weighted by Crippen LogP contribution is -2.38. The molecule has 6 aromatic rings. The Balaban J connectivity index is 0.000000164. The van der Waals surface area contributed by atoms with Gasteiger partial charge in [-0.25, -0.2) is 0 Å². The van der Waals surface area contributed by atoms with E-state index >= 15 is 0 Å². The molecule has 4 aliphatic rings. The Bertz CT molecular complexity index is 2360. The normalized spacial score (nSPS) is 16.9. The summed E-state index contributed by atoms with van der Waals surface area (Å²) in [5, 5.41) is 35.2. The highest BCUT2D eigenvalue weighted by Gasteiger charge is 2.21. The lowest BCUT2D eigenvalue weighted by atomic mass is 10.00. The molecule has 0 saturated heterocycles. The first-order valence-corrected chi connectivity index (χ1v) is 25.0. The molecule has 0 aromatic heterocycles. The summed E-state index contributed by atoms with van der Waals surface area (Å²) in [6.07, 6.45) is 2.71. The van der Waals surface area contributed by atoms with Crippen molar-refractivity contribution in [3.63, 3.8) is 0 Å². The third-order valence-corrected chi connectivity index (χ3v) is 13.5. The average molecular weight is 954 g/mol. The monoisotopic (exact) mass is 952 g/mol. The first kappa shape index (κ1) is 50.3. The van der Waals surface area contributed by atoms with Crippen molar-refractivity contribution in [3.05, 3.63) is 201 Å². The van der Waals surface area contributed by atoms with Crippen LogP contribution in [0, 0.1) is 0 Å². The highest BCUT2D eigenvalue weighted by atomic mass is 35.5. The van der Waals surface area contributed by atoms with Gasteiger partial charge < -0.3 is 34.8 Å². The molecule has 0 spiro atoms. The number of ether oxygens (including phenoxy) is 3. The molecule has 0 fully saturated rings. The number of hydrogen-bond acceptors (Lipinski definition) is 10. The van der Waals surface area contributed by atoms with E-state index in [-0.39, 0.29) is 13.2 Å². The maximum atomic E-state index is 10.5. The molecule has 10 nitrogen and oxygen atoms in total. The minimum absolute atomic E-state index is 0.246. The summed E-state index contributed by atoms with van der Waals surface area (Å²) in [6.45, 7) is 10.9. The summed E-state index contributed by atoms with van der Waals surface area (Å²) in [7, 11) is 0. The molecular formula is C58H69ClN4O6. The van der Waals surface area contributed by atoms with Crippen LogP contribution in [0.3, 0.4) is 0 Å². The van der Waals surface area contributed by atoms with Crippen molar-refractivity contribution in [2.45, 2.75) is 76.8 Å². The van der Waals surface area contributed by atoms with Gasteiger partial charge in [0.05, 0.1) is 19.3 Å². The molecule has 0 aliphatic carbocycles. The van der Waals surface area contributed by atoms with Crippen LogP contribution in [0.4, 0.5) is 0 Å². The third kappa shape index (κ3) is 16.0. The Morgan fingerprint density at radius 1 is 0.449 bits per heavy atom. The van der Waals surface area contributed by atoms with Crippen molar-refractivity contribution in [2.24, 2.45) is 0 Å². The summed E-state index contributed by atoms with van der Waals surface area (Å²) in [4.78, 5) is 6.85. The molecule has 0 radical (unpaired) electrons. The number of aliphatic hydroxyl groups excluding tert-OH is 3. The number of fused-ring (bicyclic) bond motifs is 4. The smallest absolute Gasteiger partial charge is 0.119 e. The fourth-order valence-electron chi connectivity index (χ4n) is 9.51. The predicted molar refractivity (Wildman–Crippen MR) is 275 cm³/mol. The van der Waals surface area contributed by atoms with Crippen LogP contribution in [-0.2, 0) is 63.2 Å². The van der Waals surface area contributed by atoms with E-state index in [2.05, 4.69) is 117 Å². The van der Waals surface area contributed by atoms with Crippen molar-refractivity contribution in [3.8, 4) is 11.5 Å². The Labute approximate surface area is 414 Å². The second-order valence-corrected chi connectivity index (χ2v) is 19.1. The molecule has 364 valence electrons. The van der Waals surface area contributed by atoms with Crippen molar-refractivity contribution >= 4 is 11.6 Å². The summed E-state index contributed by atoms with van der Waals surface area (Å²) in [5.74, 6) is 1.39. The lowest BCUT2D eigenvalue weighted by Gasteiger charge is -2.30. The van der Waals surface area contributed by atoms with Crippen LogP contribution in [0.2, 0.25) is 5.02 Å². The van der Waals surface area contributed by atoms with Gasteiger partial charge in [0.1, 0.15) is 36.9 Å². The summed E-state index contributed by atoms with van der Waals surface area (Å²) in [5.41, 5.74) is 12.4. The number of benzene rings is 6. The Morgan fingerprint density at radius 2 is 0.826 bits per heavy atom. The fraction of sp³-hybridized carbons (Fsp3) is 0.379. The summed E-state index contributed by atoms with van der Waals surface area (Å²) in [6, 6.07) is 49.1. The fourth-order valence-corrected chi connectivity index (χ4v) is 9.64. The Kier molecular flexibility index (Phi) is 19.1. The van der Waals surface area contributed by atoms with Crippen LogP contribution in [0.25, 0.3) is 0 Å². The predicted octanol–water partition coefficient (Wildman–Crippen LogP) is 7.89. The van der Waals surface area contributed by atoms with Crippen molar-refractivity contribution in [2.75, 3.05) is 65.6 Å². The van der Waals surface area contributed by atoms with Crippen LogP contribution in [0.5, 0.6) is 11.5 Å². The molecule has 11 heteroatoms. The zero-order valence-corrected chi connectivity index (χ0v) is 40.6. The first-order chi connectivity index (χ1) is 33.8. The van der Waals surface area contributed by atoms with Crippen LogP contribution in [0.15, 0.2) is 146 Å². The van der Waals surface area contributed by atoms with Gasteiger partial charge in [0, 0.05) is 70.5 Å². The van der Waals surface area contributed by atoms with E-state index in [1.807, 2.05) is 48.5 Å². The molecule has 3 unspecified atom stereocenters. The van der Waals surface area contributed by atoms with Crippen LogP contribution < -0.4 is 14.8 Å². The van der Waals surface area contributed by atoms with E-state index in [9.17, 15) is 15.3 Å². The van der Waals surface area contributed by atoms with Crippen molar-refractivity contribution in [1.29, 1.82) is 0 Å². The van der Waals surface area contributed by atoms with Gasteiger partial charge >= 0.3 is 0 Å². The van der Waals surface area contributed by atoms with E-state index in [1.165, 1.54) is 50.9 Å². The number of rotatable bonds is 16. The molecule has 4 heterocycles. The number of β-amino-alcohol motifs (C(OH)–C–C–N with tert-alkyl or cyclic N) is 3. The van der Waals surface area contributed by atoms with Crippen molar-refractivity contribution < 1.29 is 29.5 Å². The number of aliphatic hydroxyl groups is 3. The second kappa shape index (κ2) is 26.2. The molecule has 10 rings (SSSR count). The maximum absolute atomic E-state index is 10.5. The molecule has 0 bridgehead atoms. The molecule has 3 atom stereocenters. The average Bonchev–Trinajstić information content (AvgIpc) is 3.38. The zero-order chi connectivity index (χ0) is 47.6. The lowest BCUT2D eigenvalue weighted by molar-refractivity contribution is 0.00774. The van der Waals surface area contributed by atoms with Crippen molar-refractivity contribution in [1.82, 2.24) is 20.0 Å². The third-order valence-electron chi connectivity index (χ3n) is 13.2. The second-order valence-electron chi connectivity index (χ2n) is 18.7. The molecule has 4 N–H and O–H groups in total. The standard InChI is InChI=1S/C30H36N2O4.C19H22ClNO2.C9H11N/c33-27(19-31-15-13-23-5-1-3-7-25(23)17-31)21-35-29-9-11-30(12-10-29)36-22-28(34)20-32-16-14-24-6-2-4-8-26(24)18-32;20-18-7-5-15(6-8-18)13-23-14-19(22)12-21-10-9-16-3-1-2-4-17(16)11-21;1-2-4-9-7-10-6-5-8(9)3-1/h1-12,27-28,33-34H,13-22H2;1-8,19,22H,9-14H2;1-4,10H,5-7H2. The zero-order valence-electron chi connectivity index (χ0n) is 39.8. The largest absolute Gasteiger partial charge is 0.491 e. The molecule has 69 heavy (non-hydrogen) atoms. The first-order valence-electron chi connectivity index (χ1n) is 24.7. The van der Waals surface area contributed by atoms with Gasteiger partial charge in [-0.15, -0.1) is 0 Å². The van der Waals surface area contributed by atoms with E-state index in [0.717, 1.165) is 82.2 Å². The Morgan fingerprint density at radius 3 is 1.25 bits per heavy atom. The summed E-state index contributed by atoms with van der Waals surface area (Å²) < 4.78 is 17.2. The van der Waals surface area contributed by atoms with Gasteiger partial charge in [0.25, 0.3) is 0 Å². The highest BCUT2D eigenvalue weighted by molar-refractivity contribution is 6.30. The van der Waals surface area contributed by atoms with Gasteiger partial charge in [-0.05, 0) is 119 Å². The van der Waals surface area contributed by atoms with E-state index in [1.54, 1.807) is 0 Å². The van der Waals surface area contributed by atoms with E-state index in [4.69, 9.17) is 25.8 Å². The van der Waals surface area contributed by atoms with Crippen LogP contribution in [0.1, 0.15) is 50.1 Å². The number of nitrogens with zero attached hydrogens (tertiary/aromatic N) is 3.